The van der Waals surface area contributed by atoms with Crippen molar-refractivity contribution in [1.29, 1.82) is 0 Å². The highest BCUT2D eigenvalue weighted by Crippen LogP contribution is 2.14. The van der Waals surface area contributed by atoms with Gasteiger partial charge in [0.05, 0.1) is 6.54 Å². The minimum absolute atomic E-state index is 0.164. The van der Waals surface area contributed by atoms with E-state index in [1.807, 2.05) is 4.90 Å². The van der Waals surface area contributed by atoms with E-state index in [4.69, 9.17) is 5.11 Å². The van der Waals surface area contributed by atoms with Crippen molar-refractivity contribution in [1.82, 2.24) is 9.80 Å². The predicted molar refractivity (Wildman–Crippen MR) is 79.9 cm³/mol. The van der Waals surface area contributed by atoms with Crippen LogP contribution in [0.25, 0.3) is 0 Å². The molecule has 20 heavy (non-hydrogen) atoms. The molecular formula is C16H24N2O2. The molecule has 0 radical (unpaired) electrons. The number of hydrogen-bond donors (Lipinski definition) is 1. The molecule has 4 heteroatoms. The highest BCUT2D eigenvalue weighted by Gasteiger charge is 2.17. The Bertz CT molecular complexity index is 474. The summed E-state index contributed by atoms with van der Waals surface area (Å²) in [5, 5.41) is 8.87. The monoisotopic (exact) mass is 276 g/mol. The Kier molecular flexibility index (Phi) is 5.15. The van der Waals surface area contributed by atoms with Crippen LogP contribution in [0, 0.1) is 13.8 Å². The first kappa shape index (κ1) is 15.0. The van der Waals surface area contributed by atoms with Crippen molar-refractivity contribution in [2.75, 3.05) is 32.7 Å². The van der Waals surface area contributed by atoms with Crippen molar-refractivity contribution in [3.05, 3.63) is 34.9 Å². The molecule has 0 amide bonds. The van der Waals surface area contributed by atoms with Gasteiger partial charge in [-0.1, -0.05) is 23.8 Å². The third kappa shape index (κ3) is 4.32. The Morgan fingerprint density at radius 1 is 1.15 bits per heavy atom. The normalized spacial score (nSPS) is 17.9. The molecule has 1 aliphatic rings. The zero-order chi connectivity index (χ0) is 14.5. The summed E-state index contributed by atoms with van der Waals surface area (Å²) < 4.78 is 0. The minimum atomic E-state index is -0.729. The molecule has 1 aromatic carbocycles. The third-order valence-corrected chi connectivity index (χ3v) is 3.93. The van der Waals surface area contributed by atoms with Crippen LogP contribution in [0.3, 0.4) is 0 Å². The lowest BCUT2D eigenvalue weighted by Crippen LogP contribution is -2.34. The number of benzene rings is 1. The number of nitrogens with zero attached hydrogens (tertiary/aromatic N) is 2. The van der Waals surface area contributed by atoms with Crippen LogP contribution in [0.15, 0.2) is 18.2 Å². The van der Waals surface area contributed by atoms with Gasteiger partial charge in [-0.2, -0.15) is 0 Å². The molecule has 1 aliphatic heterocycles. The van der Waals surface area contributed by atoms with Gasteiger partial charge in [-0.3, -0.25) is 14.6 Å². The number of aliphatic carboxylic acids is 1. The summed E-state index contributed by atoms with van der Waals surface area (Å²) in [7, 11) is 0. The molecule has 1 N–H and O–H groups in total. The summed E-state index contributed by atoms with van der Waals surface area (Å²) in [6.07, 6.45) is 1.04. The Hall–Kier alpha value is -1.39. The molecule has 1 saturated heterocycles. The highest BCUT2D eigenvalue weighted by molar-refractivity contribution is 5.69. The summed E-state index contributed by atoms with van der Waals surface area (Å²) in [4.78, 5) is 15.2. The molecule has 1 heterocycles. The van der Waals surface area contributed by atoms with Crippen molar-refractivity contribution in [3.8, 4) is 0 Å². The van der Waals surface area contributed by atoms with Crippen molar-refractivity contribution < 1.29 is 9.90 Å². The van der Waals surface area contributed by atoms with Crippen LogP contribution >= 0.6 is 0 Å². The summed E-state index contributed by atoms with van der Waals surface area (Å²) in [6, 6.07) is 6.60. The standard InChI is InChI=1S/C16H24N2O2/c1-13-4-5-15(14(2)10-13)11-17-6-3-7-18(9-8-17)12-16(19)20/h4-5,10H,3,6-9,11-12H2,1-2H3,(H,19,20). The van der Waals surface area contributed by atoms with E-state index in [-0.39, 0.29) is 6.54 Å². The summed E-state index contributed by atoms with van der Waals surface area (Å²) in [5.41, 5.74) is 4.02. The van der Waals surface area contributed by atoms with Crippen LogP contribution in [0.1, 0.15) is 23.1 Å². The molecule has 4 nitrogen and oxygen atoms in total. The second-order valence-electron chi connectivity index (χ2n) is 5.73. The van der Waals surface area contributed by atoms with E-state index in [1.165, 1.54) is 16.7 Å². The number of rotatable bonds is 4. The van der Waals surface area contributed by atoms with Crippen LogP contribution in [0.5, 0.6) is 0 Å². The fourth-order valence-corrected chi connectivity index (χ4v) is 2.80. The Balaban J connectivity index is 1.92. The topological polar surface area (TPSA) is 43.8 Å². The highest BCUT2D eigenvalue weighted by atomic mass is 16.4. The lowest BCUT2D eigenvalue weighted by molar-refractivity contribution is -0.138. The number of carboxylic acid groups (broad SMARTS) is 1. The van der Waals surface area contributed by atoms with Gasteiger partial charge in [-0.15, -0.1) is 0 Å². The summed E-state index contributed by atoms with van der Waals surface area (Å²) in [5.74, 6) is -0.729. The average molecular weight is 276 g/mol. The van der Waals surface area contributed by atoms with Crippen LogP contribution in [0.2, 0.25) is 0 Å². The van der Waals surface area contributed by atoms with E-state index < -0.39 is 5.97 Å². The van der Waals surface area contributed by atoms with Crippen molar-refractivity contribution in [3.63, 3.8) is 0 Å². The van der Waals surface area contributed by atoms with Crippen molar-refractivity contribution in [2.24, 2.45) is 0 Å². The van der Waals surface area contributed by atoms with E-state index in [1.54, 1.807) is 0 Å². The minimum Gasteiger partial charge on any atom is -0.480 e. The van der Waals surface area contributed by atoms with E-state index in [2.05, 4.69) is 36.9 Å². The van der Waals surface area contributed by atoms with Crippen LogP contribution in [0.4, 0.5) is 0 Å². The van der Waals surface area contributed by atoms with E-state index in [0.29, 0.717) is 0 Å². The SMILES string of the molecule is Cc1ccc(CN2CCCN(CC(=O)O)CC2)c(C)c1. The first-order chi connectivity index (χ1) is 9.54. The zero-order valence-corrected chi connectivity index (χ0v) is 12.4. The van der Waals surface area contributed by atoms with Crippen LogP contribution in [-0.2, 0) is 11.3 Å². The maximum atomic E-state index is 10.8. The zero-order valence-electron chi connectivity index (χ0n) is 12.4. The molecule has 1 fully saturated rings. The van der Waals surface area contributed by atoms with Gasteiger partial charge in [0.25, 0.3) is 0 Å². The molecule has 110 valence electrons. The molecule has 1 aromatic rings. The van der Waals surface area contributed by atoms with Gasteiger partial charge >= 0.3 is 5.97 Å². The second-order valence-corrected chi connectivity index (χ2v) is 5.73. The van der Waals surface area contributed by atoms with E-state index in [9.17, 15) is 4.79 Å². The van der Waals surface area contributed by atoms with Gasteiger partial charge in [0.1, 0.15) is 0 Å². The summed E-state index contributed by atoms with van der Waals surface area (Å²) in [6.45, 7) is 9.13. The number of hydrogen-bond acceptors (Lipinski definition) is 3. The predicted octanol–water partition coefficient (Wildman–Crippen LogP) is 1.90. The fourth-order valence-electron chi connectivity index (χ4n) is 2.80. The second kappa shape index (κ2) is 6.86. The molecule has 0 bridgehead atoms. The largest absolute Gasteiger partial charge is 0.480 e. The van der Waals surface area contributed by atoms with Gasteiger partial charge < -0.3 is 5.11 Å². The van der Waals surface area contributed by atoms with Crippen molar-refractivity contribution >= 4 is 5.97 Å². The smallest absolute Gasteiger partial charge is 0.317 e. The van der Waals surface area contributed by atoms with Gasteiger partial charge in [-0.25, -0.2) is 0 Å². The molecule has 2 rings (SSSR count). The van der Waals surface area contributed by atoms with E-state index in [0.717, 1.165) is 39.1 Å². The number of carboxylic acids is 1. The lowest BCUT2D eigenvalue weighted by atomic mass is 10.1. The Morgan fingerprint density at radius 2 is 1.85 bits per heavy atom. The Labute approximate surface area is 121 Å². The molecule has 0 spiro atoms. The number of aryl methyl sites for hydroxylation is 2. The third-order valence-electron chi connectivity index (χ3n) is 3.93. The molecule has 0 aromatic heterocycles. The van der Waals surface area contributed by atoms with E-state index >= 15 is 0 Å². The van der Waals surface area contributed by atoms with Crippen LogP contribution in [-0.4, -0.2) is 53.6 Å². The first-order valence-electron chi connectivity index (χ1n) is 7.27. The van der Waals surface area contributed by atoms with Gasteiger partial charge in [0, 0.05) is 26.2 Å². The maximum Gasteiger partial charge on any atom is 0.317 e. The lowest BCUT2D eigenvalue weighted by Gasteiger charge is -2.22. The molecule has 0 saturated carbocycles. The summed E-state index contributed by atoms with van der Waals surface area (Å²) >= 11 is 0. The Morgan fingerprint density at radius 3 is 2.55 bits per heavy atom. The van der Waals surface area contributed by atoms with Crippen LogP contribution < -0.4 is 0 Å². The van der Waals surface area contributed by atoms with Crippen molar-refractivity contribution in [2.45, 2.75) is 26.8 Å². The quantitative estimate of drug-likeness (QED) is 0.912. The number of carbonyl (C=O) groups is 1. The first-order valence-corrected chi connectivity index (χ1v) is 7.27. The molecule has 0 aliphatic carbocycles. The average Bonchev–Trinajstić information content (AvgIpc) is 2.58. The van der Waals surface area contributed by atoms with Gasteiger partial charge in [0.2, 0.25) is 0 Å². The maximum absolute atomic E-state index is 10.8. The van der Waals surface area contributed by atoms with Gasteiger partial charge in [0.15, 0.2) is 0 Å². The van der Waals surface area contributed by atoms with Gasteiger partial charge in [-0.05, 0) is 37.9 Å². The molecule has 0 atom stereocenters. The fraction of sp³-hybridized carbons (Fsp3) is 0.562. The molecule has 0 unspecified atom stereocenters. The molecular weight excluding hydrogens is 252 g/mol.